The topological polar surface area (TPSA) is 39.2 Å². The molecule has 0 atom stereocenters. The number of ether oxygens (including phenoxy) is 1. The lowest BCUT2D eigenvalue weighted by molar-refractivity contribution is 0.103. The number of hydrogen-bond acceptors (Lipinski definition) is 4. The van der Waals surface area contributed by atoms with Crippen molar-refractivity contribution in [2.75, 3.05) is 7.11 Å². The van der Waals surface area contributed by atoms with Gasteiger partial charge in [-0.15, -0.1) is 0 Å². The SMILES string of the molecule is COc1ncccc1C(=O)c1ccsc1. The van der Waals surface area contributed by atoms with Gasteiger partial charge < -0.3 is 4.74 Å². The fraction of sp³-hybridized carbons (Fsp3) is 0.0909. The van der Waals surface area contributed by atoms with Crippen LogP contribution in [0.4, 0.5) is 0 Å². The van der Waals surface area contributed by atoms with Crippen molar-refractivity contribution < 1.29 is 9.53 Å². The monoisotopic (exact) mass is 219 g/mol. The molecule has 15 heavy (non-hydrogen) atoms. The molecule has 0 aromatic carbocycles. The van der Waals surface area contributed by atoms with Crippen LogP contribution in [0.15, 0.2) is 35.2 Å². The molecule has 0 unspecified atom stereocenters. The summed E-state index contributed by atoms with van der Waals surface area (Å²) in [7, 11) is 1.51. The number of rotatable bonds is 3. The van der Waals surface area contributed by atoms with E-state index in [1.54, 1.807) is 24.4 Å². The molecule has 0 fully saturated rings. The summed E-state index contributed by atoms with van der Waals surface area (Å²) in [6, 6.07) is 5.23. The molecule has 3 nitrogen and oxygen atoms in total. The number of carbonyl (C=O) groups is 1. The molecule has 0 aliphatic carbocycles. The zero-order valence-electron chi connectivity index (χ0n) is 8.14. The number of ketones is 1. The summed E-state index contributed by atoms with van der Waals surface area (Å²) in [5.41, 5.74) is 1.17. The molecule has 0 aliphatic heterocycles. The standard InChI is InChI=1S/C11H9NO2S/c1-14-11-9(3-2-5-12-11)10(13)8-4-6-15-7-8/h2-7H,1H3. The summed E-state index contributed by atoms with van der Waals surface area (Å²) in [6.45, 7) is 0. The van der Waals surface area contributed by atoms with Gasteiger partial charge in [-0.25, -0.2) is 4.98 Å². The van der Waals surface area contributed by atoms with Gasteiger partial charge in [0, 0.05) is 17.1 Å². The van der Waals surface area contributed by atoms with Crippen LogP contribution in [0.2, 0.25) is 0 Å². The maximum atomic E-state index is 12.0. The Balaban J connectivity index is 2.42. The first kappa shape index (κ1) is 9.86. The predicted octanol–water partition coefficient (Wildman–Crippen LogP) is 2.38. The highest BCUT2D eigenvalue weighted by atomic mass is 32.1. The van der Waals surface area contributed by atoms with Crippen molar-refractivity contribution in [2.45, 2.75) is 0 Å². The number of pyridine rings is 1. The number of nitrogens with zero attached hydrogens (tertiary/aromatic N) is 1. The molecule has 2 rings (SSSR count). The van der Waals surface area contributed by atoms with E-state index >= 15 is 0 Å². The summed E-state index contributed by atoms with van der Waals surface area (Å²) >= 11 is 1.49. The highest BCUT2D eigenvalue weighted by Gasteiger charge is 2.14. The second-order valence-electron chi connectivity index (χ2n) is 2.90. The smallest absolute Gasteiger partial charge is 0.224 e. The van der Waals surface area contributed by atoms with Crippen LogP contribution < -0.4 is 4.74 Å². The molecule has 2 heterocycles. The molecule has 76 valence electrons. The van der Waals surface area contributed by atoms with E-state index in [2.05, 4.69) is 4.98 Å². The Morgan fingerprint density at radius 1 is 1.47 bits per heavy atom. The van der Waals surface area contributed by atoms with Gasteiger partial charge in [-0.3, -0.25) is 4.79 Å². The van der Waals surface area contributed by atoms with Gasteiger partial charge >= 0.3 is 0 Å². The third-order valence-electron chi connectivity index (χ3n) is 1.99. The quantitative estimate of drug-likeness (QED) is 0.744. The minimum absolute atomic E-state index is 0.0544. The van der Waals surface area contributed by atoms with Crippen molar-refractivity contribution in [1.29, 1.82) is 0 Å². The van der Waals surface area contributed by atoms with E-state index in [9.17, 15) is 4.79 Å². The molecule has 0 spiro atoms. The normalized spacial score (nSPS) is 9.93. The molecule has 0 bridgehead atoms. The number of hydrogen-bond donors (Lipinski definition) is 0. The van der Waals surface area contributed by atoms with Gasteiger partial charge in [0.1, 0.15) is 0 Å². The summed E-state index contributed by atoms with van der Waals surface area (Å²) in [6.07, 6.45) is 1.60. The Hall–Kier alpha value is -1.68. The molecule has 2 aromatic rings. The third kappa shape index (κ3) is 1.89. The minimum Gasteiger partial charge on any atom is -0.480 e. The van der Waals surface area contributed by atoms with E-state index in [-0.39, 0.29) is 5.78 Å². The maximum Gasteiger partial charge on any atom is 0.224 e. The summed E-state index contributed by atoms with van der Waals surface area (Å²) in [5, 5.41) is 3.69. The summed E-state index contributed by atoms with van der Waals surface area (Å²) < 4.78 is 5.04. The van der Waals surface area contributed by atoms with Crippen molar-refractivity contribution >= 4 is 17.1 Å². The van der Waals surface area contributed by atoms with Gasteiger partial charge in [0.2, 0.25) is 5.88 Å². The average molecular weight is 219 g/mol. The Bertz CT molecular complexity index is 465. The first-order chi connectivity index (χ1) is 7.33. The van der Waals surface area contributed by atoms with Crippen molar-refractivity contribution in [3.63, 3.8) is 0 Å². The molecular weight excluding hydrogens is 210 g/mol. The summed E-state index contributed by atoms with van der Waals surface area (Å²) in [5.74, 6) is 0.315. The van der Waals surface area contributed by atoms with E-state index in [1.807, 2.05) is 10.8 Å². The minimum atomic E-state index is -0.0544. The number of thiophene rings is 1. The summed E-state index contributed by atoms with van der Waals surface area (Å²) in [4.78, 5) is 16.0. The van der Waals surface area contributed by atoms with Gasteiger partial charge in [-0.05, 0) is 23.6 Å². The first-order valence-corrected chi connectivity index (χ1v) is 5.33. The molecule has 0 saturated carbocycles. The van der Waals surface area contributed by atoms with E-state index < -0.39 is 0 Å². The average Bonchev–Trinajstić information content (AvgIpc) is 2.81. The Kier molecular flexibility index (Phi) is 2.78. The molecule has 2 aromatic heterocycles. The van der Waals surface area contributed by atoms with Crippen molar-refractivity contribution in [1.82, 2.24) is 4.98 Å². The van der Waals surface area contributed by atoms with Crippen LogP contribution in [0.1, 0.15) is 15.9 Å². The van der Waals surface area contributed by atoms with Crippen LogP contribution in [-0.4, -0.2) is 17.9 Å². The molecule has 0 radical (unpaired) electrons. The van der Waals surface area contributed by atoms with Crippen LogP contribution in [0, 0.1) is 0 Å². The fourth-order valence-corrected chi connectivity index (χ4v) is 1.91. The van der Waals surface area contributed by atoms with Crippen LogP contribution in [-0.2, 0) is 0 Å². The van der Waals surface area contributed by atoms with Gasteiger partial charge in [0.25, 0.3) is 0 Å². The lowest BCUT2D eigenvalue weighted by atomic mass is 10.1. The number of carbonyl (C=O) groups excluding carboxylic acids is 1. The second kappa shape index (κ2) is 4.23. The van der Waals surface area contributed by atoms with Crippen LogP contribution in [0.25, 0.3) is 0 Å². The Morgan fingerprint density at radius 2 is 2.33 bits per heavy atom. The zero-order chi connectivity index (χ0) is 10.7. The van der Waals surface area contributed by atoms with E-state index in [1.165, 1.54) is 18.4 Å². The van der Waals surface area contributed by atoms with Gasteiger partial charge in [-0.2, -0.15) is 11.3 Å². The van der Waals surface area contributed by atoms with E-state index in [0.29, 0.717) is 17.0 Å². The highest BCUT2D eigenvalue weighted by Crippen LogP contribution is 2.19. The van der Waals surface area contributed by atoms with Gasteiger partial charge in [0.05, 0.1) is 12.7 Å². The predicted molar refractivity (Wildman–Crippen MR) is 58.5 cm³/mol. The van der Waals surface area contributed by atoms with Crippen LogP contribution in [0.5, 0.6) is 5.88 Å². The third-order valence-corrected chi connectivity index (χ3v) is 2.68. The molecule has 0 aliphatic rings. The molecule has 0 N–H and O–H groups in total. The van der Waals surface area contributed by atoms with E-state index in [0.717, 1.165) is 0 Å². The highest BCUT2D eigenvalue weighted by molar-refractivity contribution is 7.08. The molecular formula is C11H9NO2S. The molecule has 0 amide bonds. The fourth-order valence-electron chi connectivity index (χ4n) is 1.28. The van der Waals surface area contributed by atoms with Crippen molar-refractivity contribution in [3.8, 4) is 5.88 Å². The maximum absolute atomic E-state index is 12.0. The lowest BCUT2D eigenvalue weighted by Gasteiger charge is -2.04. The Morgan fingerprint density at radius 3 is 3.00 bits per heavy atom. The zero-order valence-corrected chi connectivity index (χ0v) is 8.95. The molecule has 4 heteroatoms. The van der Waals surface area contributed by atoms with Gasteiger partial charge in [0.15, 0.2) is 5.78 Å². The van der Waals surface area contributed by atoms with Crippen molar-refractivity contribution in [2.24, 2.45) is 0 Å². The first-order valence-electron chi connectivity index (χ1n) is 4.39. The second-order valence-corrected chi connectivity index (χ2v) is 3.68. The largest absolute Gasteiger partial charge is 0.480 e. The number of aromatic nitrogens is 1. The van der Waals surface area contributed by atoms with Crippen LogP contribution in [0.3, 0.4) is 0 Å². The Labute approximate surface area is 91.4 Å². The number of methoxy groups -OCH3 is 1. The van der Waals surface area contributed by atoms with Gasteiger partial charge in [-0.1, -0.05) is 0 Å². The molecule has 0 saturated heterocycles. The van der Waals surface area contributed by atoms with E-state index in [4.69, 9.17) is 4.74 Å². The van der Waals surface area contributed by atoms with Crippen molar-refractivity contribution in [3.05, 3.63) is 46.3 Å². The lowest BCUT2D eigenvalue weighted by Crippen LogP contribution is -2.03. The van der Waals surface area contributed by atoms with Crippen LogP contribution >= 0.6 is 11.3 Å².